The Labute approximate surface area is 174 Å². The zero-order chi connectivity index (χ0) is 18.6. The van der Waals surface area contributed by atoms with Crippen molar-refractivity contribution in [3.05, 3.63) is 29.5 Å². The van der Waals surface area contributed by atoms with Crippen molar-refractivity contribution < 1.29 is 14.3 Å². The first-order valence-electron chi connectivity index (χ1n) is 7.73. The number of hydrogen-bond acceptors (Lipinski definition) is 5. The lowest BCUT2D eigenvalue weighted by Crippen LogP contribution is -2.38. The normalized spacial score (nSPS) is 12.4. The van der Waals surface area contributed by atoms with E-state index >= 15 is 0 Å². The number of nitrogens with two attached hydrogens (primary N) is 1. The molecule has 2 rings (SSSR count). The Morgan fingerprint density at radius 3 is 2.76 bits per heavy atom. The number of nitrogens with zero attached hydrogens (tertiary/aromatic N) is 1. The maximum Gasteiger partial charge on any atom is 0.246 e. The number of aromatic nitrogens is 1. The molecule has 1 amide bonds. The van der Waals surface area contributed by atoms with Gasteiger partial charge in [0.15, 0.2) is 0 Å². The summed E-state index contributed by atoms with van der Waals surface area (Å²) in [5, 5.41) is 3.63. The predicted molar refractivity (Wildman–Crippen MR) is 117 cm³/mol. The molecule has 1 aromatic heterocycles. The van der Waals surface area contributed by atoms with E-state index in [0.717, 1.165) is 22.2 Å². The lowest BCUT2D eigenvalue weighted by Gasteiger charge is -2.18. The van der Waals surface area contributed by atoms with Crippen LogP contribution in [-0.2, 0) is 9.53 Å². The van der Waals surface area contributed by atoms with Crippen LogP contribution in [0, 0.1) is 6.92 Å². The number of methoxy groups -OCH3 is 1. The Bertz CT molecular complexity index is 768. The fraction of sp³-hybridized carbons (Fsp3) is 0.412. The van der Waals surface area contributed by atoms with Crippen molar-refractivity contribution in [2.45, 2.75) is 21.8 Å². The molecule has 8 heteroatoms. The molecule has 0 aliphatic rings. The molecule has 0 bridgehead atoms. The number of nitrogens with one attached hydrogen (secondary N) is 1. The minimum Gasteiger partial charge on any atom is -0.491 e. The number of carbonyl (C=O) groups is 1. The third kappa shape index (κ3) is 5.07. The number of hydrogen-bond donors (Lipinski definition) is 2. The second-order valence-corrected chi connectivity index (χ2v) is 10.6. The van der Waals surface area contributed by atoms with Gasteiger partial charge in [-0.15, -0.1) is 0 Å². The Balaban J connectivity index is 2.27. The number of aryl methyl sites for hydroxylation is 1. The van der Waals surface area contributed by atoms with Crippen LogP contribution < -0.4 is 15.8 Å². The van der Waals surface area contributed by atoms with Gasteiger partial charge in [-0.25, -0.2) is 0 Å². The molecule has 1 atom stereocenters. The smallest absolute Gasteiger partial charge is 0.246 e. The van der Waals surface area contributed by atoms with Crippen LogP contribution in [0.15, 0.2) is 18.2 Å². The molecular formula is C17H21I2N3O3. The van der Waals surface area contributed by atoms with Gasteiger partial charge in [0.1, 0.15) is 19.0 Å². The van der Waals surface area contributed by atoms with Gasteiger partial charge in [0, 0.05) is 18.4 Å². The van der Waals surface area contributed by atoms with E-state index in [1.165, 1.54) is 7.11 Å². The van der Waals surface area contributed by atoms with Gasteiger partial charge < -0.3 is 20.5 Å². The number of alkyl halides is 2. The van der Waals surface area contributed by atoms with E-state index in [0.29, 0.717) is 18.0 Å². The summed E-state index contributed by atoms with van der Waals surface area (Å²) in [5.41, 5.74) is 9.88. The molecule has 6 nitrogen and oxygen atoms in total. The van der Waals surface area contributed by atoms with E-state index in [1.807, 2.05) is 32.0 Å². The van der Waals surface area contributed by atoms with Crippen molar-refractivity contribution in [1.82, 2.24) is 10.3 Å². The number of carbonyl (C=O) groups excluding carboxylic acids is 1. The average molecular weight is 569 g/mol. The number of ether oxygens (including phenoxy) is 2. The second-order valence-electron chi connectivity index (χ2n) is 5.69. The summed E-state index contributed by atoms with van der Waals surface area (Å²) in [7, 11) is 1.49. The standard InChI is InChI=1S/C17H21I2N3O3/c1-9(21-13(23)8-24-3)7-25-12-6-4-5-11-15(12)16(20)14(17(18)19)10(2)22-11/h4-6,9,17H,7-8H2,1-3H3,(H2,20,22)(H,21,23). The highest BCUT2D eigenvalue weighted by Gasteiger charge is 2.18. The minimum absolute atomic E-state index is 0.0326. The highest BCUT2D eigenvalue weighted by molar-refractivity contribution is 14.2. The Hall–Kier alpha value is -0.880. The van der Waals surface area contributed by atoms with Gasteiger partial charge >= 0.3 is 0 Å². The maximum absolute atomic E-state index is 11.6. The maximum atomic E-state index is 11.6. The van der Waals surface area contributed by atoms with Crippen LogP contribution in [0.4, 0.5) is 5.69 Å². The topological polar surface area (TPSA) is 86.5 Å². The van der Waals surface area contributed by atoms with Crippen molar-refractivity contribution in [3.63, 3.8) is 0 Å². The van der Waals surface area contributed by atoms with Gasteiger partial charge in [-0.3, -0.25) is 9.78 Å². The summed E-state index contributed by atoms with van der Waals surface area (Å²) in [6.07, 6.45) is 0. The van der Waals surface area contributed by atoms with E-state index in [2.05, 4.69) is 55.5 Å². The van der Waals surface area contributed by atoms with Crippen LogP contribution >= 0.6 is 45.2 Å². The quantitative estimate of drug-likeness (QED) is 0.394. The van der Waals surface area contributed by atoms with Crippen LogP contribution in [0.3, 0.4) is 0 Å². The lowest BCUT2D eigenvalue weighted by atomic mass is 10.1. The summed E-state index contributed by atoms with van der Waals surface area (Å²) < 4.78 is 11.0. The zero-order valence-electron chi connectivity index (χ0n) is 14.3. The number of pyridine rings is 1. The monoisotopic (exact) mass is 569 g/mol. The first kappa shape index (κ1) is 20.4. The predicted octanol–water partition coefficient (Wildman–Crippen LogP) is 3.52. The van der Waals surface area contributed by atoms with Crippen molar-refractivity contribution >= 4 is 67.7 Å². The number of anilines is 1. The number of benzene rings is 1. The average Bonchev–Trinajstić information content (AvgIpc) is 2.52. The van der Waals surface area contributed by atoms with Crippen molar-refractivity contribution in [2.24, 2.45) is 0 Å². The summed E-state index contributed by atoms with van der Waals surface area (Å²) in [6.45, 7) is 4.21. The highest BCUT2D eigenvalue weighted by atomic mass is 127. The summed E-state index contributed by atoms with van der Waals surface area (Å²) in [5.74, 6) is 0.498. The first-order chi connectivity index (χ1) is 11.8. The van der Waals surface area contributed by atoms with Gasteiger partial charge in [-0.1, -0.05) is 51.2 Å². The highest BCUT2D eigenvalue weighted by Crippen LogP contribution is 2.41. The van der Waals surface area contributed by atoms with Crippen LogP contribution in [0.5, 0.6) is 5.75 Å². The molecular weight excluding hydrogens is 548 g/mol. The number of amides is 1. The largest absolute Gasteiger partial charge is 0.491 e. The second kappa shape index (κ2) is 9.17. The fourth-order valence-corrected chi connectivity index (χ4v) is 4.13. The summed E-state index contributed by atoms with van der Waals surface area (Å²) in [6, 6.07) is 5.54. The summed E-state index contributed by atoms with van der Waals surface area (Å²) >= 11 is 4.65. The fourth-order valence-electron chi connectivity index (χ4n) is 2.55. The van der Waals surface area contributed by atoms with Crippen LogP contribution in [0.2, 0.25) is 0 Å². The van der Waals surface area contributed by atoms with E-state index < -0.39 is 0 Å². The van der Waals surface area contributed by atoms with Crippen molar-refractivity contribution in [1.29, 1.82) is 0 Å². The molecule has 0 saturated carbocycles. The van der Waals surface area contributed by atoms with Crippen LogP contribution in [-0.4, -0.2) is 37.3 Å². The molecule has 0 radical (unpaired) electrons. The number of halogens is 2. The third-order valence-corrected chi connectivity index (χ3v) is 4.88. The van der Waals surface area contributed by atoms with E-state index in [-0.39, 0.29) is 20.5 Å². The first-order valence-corrected chi connectivity index (χ1v) is 10.2. The van der Waals surface area contributed by atoms with Crippen LogP contribution in [0.1, 0.15) is 20.1 Å². The van der Waals surface area contributed by atoms with Gasteiger partial charge in [0.05, 0.1) is 24.6 Å². The molecule has 136 valence electrons. The van der Waals surface area contributed by atoms with Gasteiger partial charge in [0.2, 0.25) is 5.91 Å². The number of fused-ring (bicyclic) bond motifs is 1. The Morgan fingerprint density at radius 1 is 1.40 bits per heavy atom. The minimum atomic E-state index is -0.173. The lowest BCUT2D eigenvalue weighted by molar-refractivity contribution is -0.125. The zero-order valence-corrected chi connectivity index (χ0v) is 18.6. The van der Waals surface area contributed by atoms with Crippen LogP contribution in [0.25, 0.3) is 10.9 Å². The van der Waals surface area contributed by atoms with Gasteiger partial charge in [-0.2, -0.15) is 0 Å². The van der Waals surface area contributed by atoms with Crippen molar-refractivity contribution in [3.8, 4) is 5.75 Å². The van der Waals surface area contributed by atoms with Gasteiger partial charge in [0.25, 0.3) is 0 Å². The molecule has 1 aromatic carbocycles. The van der Waals surface area contributed by atoms with E-state index in [9.17, 15) is 4.79 Å². The van der Waals surface area contributed by atoms with E-state index in [4.69, 9.17) is 15.2 Å². The third-order valence-electron chi connectivity index (χ3n) is 3.63. The molecule has 0 aliphatic carbocycles. The SMILES string of the molecule is COCC(=O)NC(C)COc1cccc2nc(C)c(C(I)I)c(N)c12. The summed E-state index contributed by atoms with van der Waals surface area (Å²) in [4.78, 5) is 16.2. The Kier molecular flexibility index (Phi) is 7.50. The molecule has 0 saturated heterocycles. The Morgan fingerprint density at radius 2 is 2.12 bits per heavy atom. The molecule has 3 N–H and O–H groups in total. The van der Waals surface area contributed by atoms with E-state index in [1.54, 1.807) is 0 Å². The molecule has 0 aliphatic heterocycles. The molecule has 1 heterocycles. The number of nitrogen functional groups attached to an aromatic ring is 1. The molecule has 0 fully saturated rings. The molecule has 25 heavy (non-hydrogen) atoms. The van der Waals surface area contributed by atoms with Crippen molar-refractivity contribution in [2.75, 3.05) is 26.1 Å². The number of rotatable bonds is 7. The molecule has 0 spiro atoms. The molecule has 2 aromatic rings. The van der Waals surface area contributed by atoms with Gasteiger partial charge in [-0.05, 0) is 26.0 Å². The molecule has 1 unspecified atom stereocenters.